The average Bonchev–Trinajstić information content (AvgIpc) is 3.19. The maximum absolute atomic E-state index is 12.2. The number of carbonyl (C=O) groups excluding carboxylic acids is 1. The summed E-state index contributed by atoms with van der Waals surface area (Å²) in [4.78, 5) is 12.2. The Morgan fingerprint density at radius 2 is 2.08 bits per heavy atom. The van der Waals surface area contributed by atoms with Crippen LogP contribution in [0.2, 0.25) is 0 Å². The van der Waals surface area contributed by atoms with Gasteiger partial charge in [-0.25, -0.2) is 13.1 Å². The van der Waals surface area contributed by atoms with Gasteiger partial charge in [-0.1, -0.05) is 6.07 Å². The molecule has 1 unspecified atom stereocenters. The zero-order valence-corrected chi connectivity index (χ0v) is 13.6. The molecule has 3 N–H and O–H groups in total. The van der Waals surface area contributed by atoms with Crippen molar-refractivity contribution in [2.75, 3.05) is 6.54 Å². The second-order valence-corrected chi connectivity index (χ2v) is 7.38. The minimum atomic E-state index is -3.61. The van der Waals surface area contributed by atoms with E-state index >= 15 is 0 Å². The largest absolute Gasteiger partial charge is 0.467 e. The molecule has 3 rings (SSSR count). The summed E-state index contributed by atoms with van der Waals surface area (Å²) >= 11 is 0. The summed E-state index contributed by atoms with van der Waals surface area (Å²) in [6, 6.07) is 9.04. The van der Waals surface area contributed by atoms with Crippen LogP contribution in [0.3, 0.4) is 0 Å². The molecule has 1 saturated carbocycles. The lowest BCUT2D eigenvalue weighted by atomic mass is 10.2. The van der Waals surface area contributed by atoms with Gasteiger partial charge in [0.25, 0.3) is 5.91 Å². The van der Waals surface area contributed by atoms with Crippen LogP contribution in [0.25, 0.3) is 0 Å². The van der Waals surface area contributed by atoms with E-state index in [4.69, 9.17) is 4.42 Å². The number of furan rings is 1. The molecule has 0 bridgehead atoms. The molecule has 1 aromatic heterocycles. The van der Waals surface area contributed by atoms with Crippen molar-refractivity contribution in [1.82, 2.24) is 10.0 Å². The maximum atomic E-state index is 12.2. The number of amides is 1. The Labute approximate surface area is 139 Å². The van der Waals surface area contributed by atoms with E-state index in [0.29, 0.717) is 5.76 Å². The van der Waals surface area contributed by atoms with Crippen LogP contribution in [0, 0.1) is 0 Å². The molecule has 7 nitrogen and oxygen atoms in total. The lowest BCUT2D eigenvalue weighted by Crippen LogP contribution is -2.29. The van der Waals surface area contributed by atoms with Crippen molar-refractivity contribution in [3.63, 3.8) is 0 Å². The minimum absolute atomic E-state index is 0.00377. The first-order valence-corrected chi connectivity index (χ1v) is 9.06. The van der Waals surface area contributed by atoms with E-state index in [1.54, 1.807) is 12.1 Å². The van der Waals surface area contributed by atoms with Crippen molar-refractivity contribution in [3.8, 4) is 0 Å². The van der Waals surface area contributed by atoms with Gasteiger partial charge in [0.15, 0.2) is 0 Å². The number of aliphatic hydroxyl groups excluding tert-OH is 1. The molecule has 1 aromatic carbocycles. The van der Waals surface area contributed by atoms with Crippen molar-refractivity contribution >= 4 is 15.9 Å². The minimum Gasteiger partial charge on any atom is -0.467 e. The number of hydrogen-bond donors (Lipinski definition) is 3. The standard InChI is InChI=1S/C16H18N2O5S/c19-14(15-5-2-8-23-15)10-17-16(20)11-3-1-4-13(9-11)24(21,22)18-12-6-7-12/h1-5,8-9,12,14,18-19H,6-7,10H2,(H,17,20). The molecule has 1 amide bonds. The molecular formula is C16H18N2O5S. The molecule has 0 saturated heterocycles. The van der Waals surface area contributed by atoms with Crippen LogP contribution in [0.15, 0.2) is 52.0 Å². The second-order valence-electron chi connectivity index (χ2n) is 5.66. The zero-order chi connectivity index (χ0) is 17.2. The first kappa shape index (κ1) is 16.7. The number of carbonyl (C=O) groups is 1. The number of hydrogen-bond acceptors (Lipinski definition) is 5. The summed E-state index contributed by atoms with van der Waals surface area (Å²) in [6.45, 7) is -0.0380. The predicted octanol–water partition coefficient (Wildman–Crippen LogP) is 1.18. The molecule has 0 spiro atoms. The zero-order valence-electron chi connectivity index (χ0n) is 12.8. The summed E-state index contributed by atoms with van der Waals surface area (Å²) in [7, 11) is -3.61. The van der Waals surface area contributed by atoms with Crippen molar-refractivity contribution in [1.29, 1.82) is 0 Å². The highest BCUT2D eigenvalue weighted by atomic mass is 32.2. The van der Waals surface area contributed by atoms with Gasteiger partial charge in [-0.15, -0.1) is 0 Å². The molecule has 0 radical (unpaired) electrons. The molecule has 1 aliphatic rings. The van der Waals surface area contributed by atoms with Crippen LogP contribution in [-0.2, 0) is 10.0 Å². The van der Waals surface area contributed by atoms with Gasteiger partial charge in [-0.05, 0) is 43.2 Å². The first-order chi connectivity index (χ1) is 11.5. The number of rotatable bonds is 7. The Morgan fingerprint density at radius 3 is 2.75 bits per heavy atom. The van der Waals surface area contributed by atoms with E-state index < -0.39 is 22.0 Å². The molecule has 8 heteroatoms. The van der Waals surface area contributed by atoms with E-state index in [-0.39, 0.29) is 23.0 Å². The highest BCUT2D eigenvalue weighted by Gasteiger charge is 2.28. The summed E-state index contributed by atoms with van der Waals surface area (Å²) in [6.07, 6.45) is 2.14. The fourth-order valence-corrected chi connectivity index (χ4v) is 3.52. The molecule has 24 heavy (non-hydrogen) atoms. The van der Waals surface area contributed by atoms with Gasteiger partial charge in [-0.2, -0.15) is 0 Å². The summed E-state index contributed by atoms with van der Waals surface area (Å²) in [5.74, 6) is -0.121. The normalized spacial score (nSPS) is 15.9. The van der Waals surface area contributed by atoms with E-state index in [1.807, 2.05) is 0 Å². The van der Waals surface area contributed by atoms with E-state index in [2.05, 4.69) is 10.0 Å². The Balaban J connectivity index is 1.65. The van der Waals surface area contributed by atoms with Gasteiger partial charge in [0.2, 0.25) is 10.0 Å². The highest BCUT2D eigenvalue weighted by Crippen LogP contribution is 2.22. The number of aliphatic hydroxyl groups is 1. The second kappa shape index (κ2) is 6.76. The Hall–Kier alpha value is -2.16. The van der Waals surface area contributed by atoms with Crippen LogP contribution >= 0.6 is 0 Å². The van der Waals surface area contributed by atoms with Crippen LogP contribution < -0.4 is 10.0 Å². The Kier molecular flexibility index (Phi) is 4.70. The van der Waals surface area contributed by atoms with Gasteiger partial charge in [-0.3, -0.25) is 4.79 Å². The lowest BCUT2D eigenvalue weighted by Gasteiger charge is -2.11. The smallest absolute Gasteiger partial charge is 0.251 e. The van der Waals surface area contributed by atoms with Crippen LogP contribution in [0.1, 0.15) is 35.1 Å². The van der Waals surface area contributed by atoms with E-state index in [0.717, 1.165) is 12.8 Å². The average molecular weight is 350 g/mol. The molecule has 128 valence electrons. The fourth-order valence-electron chi connectivity index (χ4n) is 2.17. The fraction of sp³-hybridized carbons (Fsp3) is 0.312. The third kappa shape index (κ3) is 4.02. The quantitative estimate of drug-likeness (QED) is 0.695. The molecule has 1 fully saturated rings. The van der Waals surface area contributed by atoms with Crippen molar-refractivity contribution in [2.45, 2.75) is 29.9 Å². The third-order valence-electron chi connectivity index (χ3n) is 3.63. The van der Waals surface area contributed by atoms with Crippen molar-refractivity contribution < 1.29 is 22.7 Å². The van der Waals surface area contributed by atoms with Gasteiger partial charge in [0, 0.05) is 11.6 Å². The summed E-state index contributed by atoms with van der Waals surface area (Å²) in [5, 5.41) is 12.4. The van der Waals surface area contributed by atoms with E-state index in [1.165, 1.54) is 30.5 Å². The number of nitrogens with one attached hydrogen (secondary N) is 2. The third-order valence-corrected chi connectivity index (χ3v) is 5.15. The number of sulfonamides is 1. The van der Waals surface area contributed by atoms with Gasteiger partial charge in [0.05, 0.1) is 17.7 Å². The molecule has 0 aliphatic heterocycles. The molecular weight excluding hydrogens is 332 g/mol. The van der Waals surface area contributed by atoms with Gasteiger partial charge >= 0.3 is 0 Å². The van der Waals surface area contributed by atoms with Crippen molar-refractivity contribution in [3.05, 3.63) is 54.0 Å². The molecule has 1 atom stereocenters. The predicted molar refractivity (Wildman–Crippen MR) is 85.8 cm³/mol. The first-order valence-electron chi connectivity index (χ1n) is 7.58. The van der Waals surface area contributed by atoms with Crippen LogP contribution in [-0.4, -0.2) is 32.0 Å². The monoisotopic (exact) mass is 350 g/mol. The highest BCUT2D eigenvalue weighted by molar-refractivity contribution is 7.89. The van der Waals surface area contributed by atoms with E-state index in [9.17, 15) is 18.3 Å². The Morgan fingerprint density at radius 1 is 1.29 bits per heavy atom. The SMILES string of the molecule is O=C(NCC(O)c1ccco1)c1cccc(S(=O)(=O)NC2CC2)c1. The lowest BCUT2D eigenvalue weighted by molar-refractivity contribution is 0.0901. The molecule has 1 heterocycles. The van der Waals surface area contributed by atoms with Crippen LogP contribution in [0.4, 0.5) is 0 Å². The summed E-state index contributed by atoms with van der Waals surface area (Å²) in [5.41, 5.74) is 0.209. The molecule has 1 aliphatic carbocycles. The van der Waals surface area contributed by atoms with Gasteiger partial charge in [0.1, 0.15) is 11.9 Å². The summed E-state index contributed by atoms with van der Waals surface area (Å²) < 4.78 is 32.0. The molecule has 2 aromatic rings. The maximum Gasteiger partial charge on any atom is 0.251 e. The number of benzene rings is 1. The van der Waals surface area contributed by atoms with Gasteiger partial charge < -0.3 is 14.8 Å². The Bertz CT molecular complexity index is 813. The van der Waals surface area contributed by atoms with Crippen LogP contribution in [0.5, 0.6) is 0 Å². The topological polar surface area (TPSA) is 109 Å². The van der Waals surface area contributed by atoms with Crippen molar-refractivity contribution in [2.24, 2.45) is 0 Å².